The Hall–Kier alpha value is -0.900. The fourth-order valence-electron chi connectivity index (χ4n) is 2.15. The van der Waals surface area contributed by atoms with Crippen LogP contribution >= 0.6 is 0 Å². The zero-order valence-corrected chi connectivity index (χ0v) is 15.7. The van der Waals surface area contributed by atoms with Gasteiger partial charge in [-0.25, -0.2) is 13.1 Å². The van der Waals surface area contributed by atoms with Crippen LogP contribution in [0, 0.1) is 5.92 Å². The third-order valence-corrected chi connectivity index (χ3v) is 4.96. The molecule has 0 aromatic carbocycles. The fraction of sp³-hybridized carbons (Fsp3) is 0.933. The van der Waals surface area contributed by atoms with E-state index in [0.29, 0.717) is 38.1 Å². The minimum atomic E-state index is -3.14. The minimum absolute atomic E-state index is 0.0914. The number of sulfonamides is 1. The van der Waals surface area contributed by atoms with Crippen molar-refractivity contribution in [2.45, 2.75) is 26.7 Å². The van der Waals surface area contributed by atoms with E-state index in [-0.39, 0.29) is 5.75 Å². The van der Waals surface area contributed by atoms with Crippen molar-refractivity contribution in [3.05, 3.63) is 0 Å². The molecule has 1 unspecified atom stereocenters. The van der Waals surface area contributed by atoms with E-state index in [9.17, 15) is 8.42 Å². The maximum atomic E-state index is 11.3. The van der Waals surface area contributed by atoms with Crippen LogP contribution in [0.25, 0.3) is 0 Å². The quantitative estimate of drug-likeness (QED) is 0.254. The molecule has 9 heteroatoms. The molecular weight excluding hydrogens is 332 g/mol. The van der Waals surface area contributed by atoms with Crippen LogP contribution in [0.2, 0.25) is 0 Å². The first-order valence-electron chi connectivity index (χ1n) is 8.72. The van der Waals surface area contributed by atoms with Gasteiger partial charge in [0.15, 0.2) is 5.96 Å². The number of nitrogens with zero attached hydrogens (tertiary/aromatic N) is 1. The number of nitrogens with one attached hydrogen (secondary N) is 3. The molecule has 142 valence electrons. The molecule has 0 radical (unpaired) electrons. The molecule has 1 saturated heterocycles. The summed E-state index contributed by atoms with van der Waals surface area (Å²) in [5.41, 5.74) is 0. The normalized spacial score (nSPS) is 18.8. The summed E-state index contributed by atoms with van der Waals surface area (Å²) in [6.45, 7) is 8.97. The Balaban J connectivity index is 2.12. The van der Waals surface area contributed by atoms with E-state index in [2.05, 4.69) is 20.3 Å². The monoisotopic (exact) mass is 364 g/mol. The van der Waals surface area contributed by atoms with Crippen LogP contribution in [-0.4, -0.2) is 72.7 Å². The highest BCUT2D eigenvalue weighted by atomic mass is 32.2. The molecule has 1 fully saturated rings. The summed E-state index contributed by atoms with van der Waals surface area (Å²) >= 11 is 0. The first-order valence-corrected chi connectivity index (χ1v) is 10.4. The van der Waals surface area contributed by atoms with Crippen molar-refractivity contribution in [2.24, 2.45) is 10.9 Å². The molecular formula is C15H32N4O4S. The third kappa shape index (κ3) is 10.1. The maximum Gasteiger partial charge on any atom is 0.211 e. The third-order valence-electron chi connectivity index (χ3n) is 3.56. The summed E-state index contributed by atoms with van der Waals surface area (Å²) in [6.07, 6.45) is 1.95. The summed E-state index contributed by atoms with van der Waals surface area (Å²) in [5.74, 6) is 1.32. The molecule has 0 bridgehead atoms. The zero-order chi connectivity index (χ0) is 17.7. The largest absolute Gasteiger partial charge is 0.381 e. The Labute approximate surface area is 145 Å². The van der Waals surface area contributed by atoms with Gasteiger partial charge < -0.3 is 20.1 Å². The van der Waals surface area contributed by atoms with E-state index >= 15 is 0 Å². The van der Waals surface area contributed by atoms with Crippen molar-refractivity contribution >= 4 is 16.0 Å². The van der Waals surface area contributed by atoms with Crippen molar-refractivity contribution in [3.8, 4) is 0 Å². The summed E-state index contributed by atoms with van der Waals surface area (Å²) in [6, 6.07) is 0. The highest BCUT2D eigenvalue weighted by molar-refractivity contribution is 7.89. The Kier molecular flexibility index (Phi) is 11.0. The molecule has 0 aliphatic carbocycles. The van der Waals surface area contributed by atoms with E-state index < -0.39 is 10.0 Å². The van der Waals surface area contributed by atoms with Gasteiger partial charge >= 0.3 is 0 Å². The lowest BCUT2D eigenvalue weighted by Crippen LogP contribution is -2.41. The van der Waals surface area contributed by atoms with Crippen LogP contribution in [0.3, 0.4) is 0 Å². The van der Waals surface area contributed by atoms with Gasteiger partial charge in [-0.1, -0.05) is 0 Å². The van der Waals surface area contributed by atoms with Gasteiger partial charge in [-0.05, 0) is 26.7 Å². The molecule has 1 atom stereocenters. The predicted octanol–water partition coefficient (Wildman–Crippen LogP) is -0.0760. The number of hydrogen-bond acceptors (Lipinski definition) is 5. The van der Waals surface area contributed by atoms with Crippen LogP contribution in [0.4, 0.5) is 0 Å². The highest BCUT2D eigenvalue weighted by Crippen LogP contribution is 2.12. The summed E-state index contributed by atoms with van der Waals surface area (Å²) in [5, 5.41) is 6.24. The van der Waals surface area contributed by atoms with Crippen LogP contribution in [-0.2, 0) is 19.5 Å². The Morgan fingerprint density at radius 3 is 2.79 bits per heavy atom. The van der Waals surface area contributed by atoms with Gasteiger partial charge in [-0.15, -0.1) is 0 Å². The standard InChI is InChI=1S/C15H32N4O4S/c1-3-16-15(18-8-9-19-24(20,21)4-2)17-7-5-10-22-12-14-6-11-23-13-14/h14,19H,3-13H2,1-2H3,(H2,16,17,18). The van der Waals surface area contributed by atoms with Crippen LogP contribution in [0.1, 0.15) is 26.7 Å². The van der Waals surface area contributed by atoms with Gasteiger partial charge in [-0.2, -0.15) is 0 Å². The number of hydrogen-bond donors (Lipinski definition) is 3. The molecule has 3 N–H and O–H groups in total. The molecule has 24 heavy (non-hydrogen) atoms. The smallest absolute Gasteiger partial charge is 0.211 e. The lowest BCUT2D eigenvalue weighted by Gasteiger charge is -2.12. The Bertz CT molecular complexity index is 450. The average molecular weight is 365 g/mol. The molecule has 0 saturated carbocycles. The van der Waals surface area contributed by atoms with Gasteiger partial charge in [-0.3, -0.25) is 4.99 Å². The van der Waals surface area contributed by atoms with Crippen molar-refractivity contribution in [2.75, 3.05) is 58.4 Å². The van der Waals surface area contributed by atoms with E-state index in [4.69, 9.17) is 9.47 Å². The van der Waals surface area contributed by atoms with Crippen molar-refractivity contribution in [1.29, 1.82) is 0 Å². The van der Waals surface area contributed by atoms with Crippen LogP contribution in [0.15, 0.2) is 4.99 Å². The second-order valence-corrected chi connectivity index (χ2v) is 7.74. The lowest BCUT2D eigenvalue weighted by atomic mass is 10.1. The summed E-state index contributed by atoms with van der Waals surface area (Å²) in [7, 11) is -3.14. The molecule has 0 amide bonds. The lowest BCUT2D eigenvalue weighted by molar-refractivity contribution is 0.0893. The SMILES string of the molecule is CCNC(=NCCCOCC1CCOC1)NCCNS(=O)(=O)CC. The average Bonchev–Trinajstić information content (AvgIpc) is 3.08. The molecule has 1 rings (SSSR count). The van der Waals surface area contributed by atoms with Gasteiger partial charge in [0.25, 0.3) is 0 Å². The molecule has 1 aliphatic heterocycles. The minimum Gasteiger partial charge on any atom is -0.381 e. The Morgan fingerprint density at radius 1 is 1.29 bits per heavy atom. The molecule has 0 aromatic heterocycles. The molecule has 1 heterocycles. The summed E-state index contributed by atoms with van der Waals surface area (Å²) < 4.78 is 36.1. The predicted molar refractivity (Wildman–Crippen MR) is 95.8 cm³/mol. The van der Waals surface area contributed by atoms with E-state index in [1.807, 2.05) is 6.92 Å². The second kappa shape index (κ2) is 12.5. The van der Waals surface area contributed by atoms with Gasteiger partial charge in [0.05, 0.1) is 19.0 Å². The van der Waals surface area contributed by atoms with Crippen LogP contribution in [0.5, 0.6) is 0 Å². The molecule has 0 aromatic rings. The van der Waals surface area contributed by atoms with E-state index in [1.54, 1.807) is 6.92 Å². The number of guanidine groups is 1. The topological polar surface area (TPSA) is 101 Å². The Morgan fingerprint density at radius 2 is 2.12 bits per heavy atom. The van der Waals surface area contributed by atoms with Crippen molar-refractivity contribution < 1.29 is 17.9 Å². The van der Waals surface area contributed by atoms with Gasteiger partial charge in [0.1, 0.15) is 0 Å². The molecule has 8 nitrogen and oxygen atoms in total. The molecule has 1 aliphatic rings. The van der Waals surface area contributed by atoms with E-state index in [0.717, 1.165) is 39.2 Å². The highest BCUT2D eigenvalue weighted by Gasteiger charge is 2.15. The van der Waals surface area contributed by atoms with Gasteiger partial charge in [0.2, 0.25) is 10.0 Å². The second-order valence-electron chi connectivity index (χ2n) is 5.64. The first kappa shape index (κ1) is 21.1. The number of aliphatic imine (C=N–C) groups is 1. The molecule has 0 spiro atoms. The van der Waals surface area contributed by atoms with Crippen molar-refractivity contribution in [3.63, 3.8) is 0 Å². The van der Waals surface area contributed by atoms with E-state index in [1.165, 1.54) is 0 Å². The maximum absolute atomic E-state index is 11.3. The van der Waals surface area contributed by atoms with Crippen LogP contribution < -0.4 is 15.4 Å². The first-order chi connectivity index (χ1) is 11.6. The fourth-order valence-corrected chi connectivity index (χ4v) is 2.77. The number of ether oxygens (including phenoxy) is 2. The number of rotatable bonds is 12. The zero-order valence-electron chi connectivity index (χ0n) is 14.8. The summed E-state index contributed by atoms with van der Waals surface area (Å²) in [4.78, 5) is 4.45. The van der Waals surface area contributed by atoms with Crippen molar-refractivity contribution in [1.82, 2.24) is 15.4 Å². The van der Waals surface area contributed by atoms with Gasteiger partial charge in [0, 0.05) is 45.3 Å².